The van der Waals surface area contributed by atoms with E-state index >= 15 is 0 Å². The lowest BCUT2D eigenvalue weighted by Gasteiger charge is -2.37. The van der Waals surface area contributed by atoms with Gasteiger partial charge < -0.3 is 23.7 Å². The smallest absolute Gasteiger partial charge is 0.337 e. The molecule has 160 valence electrons. The Morgan fingerprint density at radius 2 is 1.93 bits per heavy atom. The Hall–Kier alpha value is -1.54. The molecule has 0 saturated carbocycles. The second-order valence-electron chi connectivity index (χ2n) is 8.05. The summed E-state index contributed by atoms with van der Waals surface area (Å²) in [6, 6.07) is 10.2. The predicted octanol–water partition coefficient (Wildman–Crippen LogP) is 4.00. The molecule has 2 aliphatic heterocycles. The molecular formula is C22H30O6S. The van der Waals surface area contributed by atoms with Gasteiger partial charge >= 0.3 is 5.97 Å². The molecule has 7 heteroatoms. The Kier molecular flexibility index (Phi) is 8.00. The minimum absolute atomic E-state index is 0.00919. The largest absolute Gasteiger partial charge is 0.472 e. The molecule has 0 aliphatic carbocycles. The molecule has 0 spiro atoms. The number of carbonyl (C=O) groups excluding carboxylic acids is 1. The summed E-state index contributed by atoms with van der Waals surface area (Å²) >= 11 is 1.74. The van der Waals surface area contributed by atoms with Crippen LogP contribution in [0.5, 0.6) is 0 Å². The molecule has 0 radical (unpaired) electrons. The van der Waals surface area contributed by atoms with Gasteiger partial charge in [-0.15, -0.1) is 11.8 Å². The standard InChI is InChI=1S/C22H30O6S/c1-22(2)14-27-20(28-15-22)12-16-11-19(26-13-18(16)21(23)24-3)25-9-10-29-17-7-5-4-6-8-17/h4-8,13,16,19-20H,9-12,14-15H2,1-3H3/t16-,19-/m1/s1. The van der Waals surface area contributed by atoms with Crippen LogP contribution in [-0.2, 0) is 28.5 Å². The third-order valence-corrected chi connectivity index (χ3v) is 5.86. The van der Waals surface area contributed by atoms with Crippen molar-refractivity contribution in [2.75, 3.05) is 32.7 Å². The molecule has 1 aromatic rings. The van der Waals surface area contributed by atoms with Crippen molar-refractivity contribution in [2.45, 2.75) is 44.2 Å². The molecule has 3 rings (SSSR count). The fraction of sp³-hybridized carbons (Fsp3) is 0.591. The molecule has 0 aromatic heterocycles. The van der Waals surface area contributed by atoms with Crippen LogP contribution in [0.1, 0.15) is 26.7 Å². The van der Waals surface area contributed by atoms with E-state index in [2.05, 4.69) is 26.0 Å². The van der Waals surface area contributed by atoms with E-state index < -0.39 is 6.29 Å². The van der Waals surface area contributed by atoms with Crippen molar-refractivity contribution >= 4 is 17.7 Å². The van der Waals surface area contributed by atoms with Crippen molar-refractivity contribution in [3.05, 3.63) is 42.2 Å². The summed E-state index contributed by atoms with van der Waals surface area (Å²) in [6.07, 6.45) is 1.86. The molecule has 0 bridgehead atoms. The monoisotopic (exact) mass is 422 g/mol. The number of thioether (sulfide) groups is 1. The number of hydrogen-bond donors (Lipinski definition) is 0. The normalized spacial score (nSPS) is 24.4. The van der Waals surface area contributed by atoms with Crippen LogP contribution in [-0.4, -0.2) is 51.2 Å². The highest BCUT2D eigenvalue weighted by atomic mass is 32.2. The van der Waals surface area contributed by atoms with E-state index in [0.29, 0.717) is 38.2 Å². The van der Waals surface area contributed by atoms with E-state index in [0.717, 1.165) is 5.75 Å². The summed E-state index contributed by atoms with van der Waals surface area (Å²) in [5.74, 6) is 0.338. The Bertz CT molecular complexity index is 680. The predicted molar refractivity (Wildman–Crippen MR) is 110 cm³/mol. The van der Waals surface area contributed by atoms with E-state index in [-0.39, 0.29) is 23.6 Å². The highest BCUT2D eigenvalue weighted by Crippen LogP contribution is 2.33. The third-order valence-electron chi connectivity index (χ3n) is 4.88. The van der Waals surface area contributed by atoms with Gasteiger partial charge in [0.1, 0.15) is 0 Å². The van der Waals surface area contributed by atoms with Gasteiger partial charge in [-0.1, -0.05) is 32.0 Å². The number of ether oxygens (including phenoxy) is 5. The lowest BCUT2D eigenvalue weighted by molar-refractivity contribution is -0.229. The van der Waals surface area contributed by atoms with Gasteiger partial charge in [0.15, 0.2) is 12.6 Å². The SMILES string of the molecule is COC(=O)C1=CO[C@@H](OCCSc2ccccc2)C[C@@H]1CC1OCC(C)(C)CO1. The van der Waals surface area contributed by atoms with Gasteiger partial charge in [-0.2, -0.15) is 0 Å². The first kappa shape index (κ1) is 22.2. The summed E-state index contributed by atoms with van der Waals surface area (Å²) in [6.45, 7) is 6.04. The zero-order chi connectivity index (χ0) is 20.7. The first-order valence-electron chi connectivity index (χ1n) is 9.93. The Labute approximate surface area is 176 Å². The van der Waals surface area contributed by atoms with Gasteiger partial charge in [-0.3, -0.25) is 0 Å². The molecule has 1 fully saturated rings. The molecule has 0 amide bonds. The minimum Gasteiger partial charge on any atom is -0.472 e. The highest BCUT2D eigenvalue weighted by Gasteiger charge is 2.36. The van der Waals surface area contributed by atoms with Crippen LogP contribution in [0.2, 0.25) is 0 Å². The van der Waals surface area contributed by atoms with Crippen LogP contribution in [0.4, 0.5) is 0 Å². The van der Waals surface area contributed by atoms with Gasteiger partial charge in [-0.25, -0.2) is 4.79 Å². The number of esters is 1. The Balaban J connectivity index is 1.50. The molecule has 0 unspecified atom stereocenters. The van der Waals surface area contributed by atoms with Crippen molar-refractivity contribution in [2.24, 2.45) is 11.3 Å². The first-order valence-corrected chi connectivity index (χ1v) is 10.9. The molecule has 2 atom stereocenters. The van der Waals surface area contributed by atoms with Crippen LogP contribution in [0.3, 0.4) is 0 Å². The maximum Gasteiger partial charge on any atom is 0.337 e. The fourth-order valence-corrected chi connectivity index (χ4v) is 4.04. The van der Waals surface area contributed by atoms with E-state index in [1.807, 2.05) is 18.2 Å². The van der Waals surface area contributed by atoms with Crippen molar-refractivity contribution in [3.8, 4) is 0 Å². The second-order valence-corrected chi connectivity index (χ2v) is 9.22. The van der Waals surface area contributed by atoms with Gasteiger partial charge in [0, 0.05) is 34.8 Å². The van der Waals surface area contributed by atoms with Gasteiger partial charge in [0.05, 0.1) is 38.8 Å². The van der Waals surface area contributed by atoms with Crippen LogP contribution >= 0.6 is 11.8 Å². The fourth-order valence-electron chi connectivity index (χ4n) is 3.27. The lowest BCUT2D eigenvalue weighted by Crippen LogP contribution is -2.40. The summed E-state index contributed by atoms with van der Waals surface area (Å²) in [5.41, 5.74) is 0.512. The third kappa shape index (κ3) is 6.74. The lowest BCUT2D eigenvalue weighted by atomic mass is 9.90. The average molecular weight is 423 g/mol. The van der Waals surface area contributed by atoms with Crippen LogP contribution < -0.4 is 0 Å². The number of carbonyl (C=O) groups is 1. The molecular weight excluding hydrogens is 392 g/mol. The maximum atomic E-state index is 12.1. The van der Waals surface area contributed by atoms with E-state index in [4.69, 9.17) is 23.7 Å². The Morgan fingerprint density at radius 3 is 2.62 bits per heavy atom. The zero-order valence-corrected chi connectivity index (χ0v) is 18.1. The van der Waals surface area contributed by atoms with Gasteiger partial charge in [0.2, 0.25) is 0 Å². The topological polar surface area (TPSA) is 63.2 Å². The average Bonchev–Trinajstić information content (AvgIpc) is 2.73. The van der Waals surface area contributed by atoms with Crippen molar-refractivity contribution in [1.29, 1.82) is 0 Å². The quantitative estimate of drug-likeness (QED) is 0.356. The summed E-state index contributed by atoms with van der Waals surface area (Å²) in [5, 5.41) is 0. The number of hydrogen-bond acceptors (Lipinski definition) is 7. The summed E-state index contributed by atoms with van der Waals surface area (Å²) < 4.78 is 28.2. The molecule has 1 saturated heterocycles. The molecule has 0 N–H and O–H groups in total. The van der Waals surface area contributed by atoms with Crippen molar-refractivity contribution in [3.63, 3.8) is 0 Å². The highest BCUT2D eigenvalue weighted by molar-refractivity contribution is 7.99. The summed E-state index contributed by atoms with van der Waals surface area (Å²) in [4.78, 5) is 13.4. The molecule has 2 aliphatic rings. The van der Waals surface area contributed by atoms with Crippen molar-refractivity contribution in [1.82, 2.24) is 0 Å². The molecule has 29 heavy (non-hydrogen) atoms. The zero-order valence-electron chi connectivity index (χ0n) is 17.3. The van der Waals surface area contributed by atoms with E-state index in [1.165, 1.54) is 18.3 Å². The number of methoxy groups -OCH3 is 1. The molecule has 1 aromatic carbocycles. The number of rotatable bonds is 8. The van der Waals surface area contributed by atoms with E-state index in [1.54, 1.807) is 11.8 Å². The van der Waals surface area contributed by atoms with Crippen LogP contribution in [0.15, 0.2) is 47.1 Å². The molecule has 6 nitrogen and oxygen atoms in total. The van der Waals surface area contributed by atoms with E-state index in [9.17, 15) is 4.79 Å². The summed E-state index contributed by atoms with van der Waals surface area (Å²) in [7, 11) is 1.37. The van der Waals surface area contributed by atoms with Crippen molar-refractivity contribution < 1.29 is 28.5 Å². The first-order chi connectivity index (χ1) is 14.0. The maximum absolute atomic E-state index is 12.1. The Morgan fingerprint density at radius 1 is 1.21 bits per heavy atom. The molecule has 2 heterocycles. The minimum atomic E-state index is -0.398. The van der Waals surface area contributed by atoms with Crippen LogP contribution in [0.25, 0.3) is 0 Å². The number of benzene rings is 1. The van der Waals surface area contributed by atoms with Crippen LogP contribution in [0, 0.1) is 11.3 Å². The van der Waals surface area contributed by atoms with Gasteiger partial charge in [0.25, 0.3) is 0 Å². The second kappa shape index (κ2) is 10.5. The van der Waals surface area contributed by atoms with Gasteiger partial charge in [-0.05, 0) is 12.1 Å².